The molecule has 1 N–H and O–H groups in total. The van der Waals surface area contributed by atoms with Crippen molar-refractivity contribution in [3.8, 4) is 11.5 Å². The maximum atomic E-state index is 11.7. The molecule has 1 aliphatic rings. The summed E-state index contributed by atoms with van der Waals surface area (Å²) in [6, 6.07) is 13.1. The quantitative estimate of drug-likeness (QED) is 0.774. The van der Waals surface area contributed by atoms with E-state index in [4.69, 9.17) is 20.8 Å². The van der Waals surface area contributed by atoms with Crippen LogP contribution < -0.4 is 5.32 Å². The zero-order valence-corrected chi connectivity index (χ0v) is 13.8. The van der Waals surface area contributed by atoms with Crippen molar-refractivity contribution in [2.45, 2.75) is 12.5 Å². The van der Waals surface area contributed by atoms with E-state index in [-0.39, 0.29) is 12.5 Å². The lowest BCUT2D eigenvalue weighted by Gasteiger charge is -2.35. The van der Waals surface area contributed by atoms with Crippen LogP contribution in [0.15, 0.2) is 46.9 Å². The highest BCUT2D eigenvalue weighted by Crippen LogP contribution is 2.30. The number of nitrogens with one attached hydrogen (secondary N) is 1. The molecular weight excluding hydrogens is 328 g/mol. The molecule has 1 atom stereocenters. The van der Waals surface area contributed by atoms with Crippen molar-refractivity contribution >= 4 is 28.6 Å². The molecule has 2 aromatic carbocycles. The number of benzene rings is 2. The van der Waals surface area contributed by atoms with Crippen LogP contribution in [0.3, 0.4) is 0 Å². The Balaban J connectivity index is 1.75. The first-order valence-corrected chi connectivity index (χ1v) is 7.97. The molecule has 1 saturated heterocycles. The molecule has 122 valence electrons. The molecule has 1 fully saturated rings. The number of ether oxygens (including phenoxy) is 1. The number of fused-ring (bicyclic) bond motifs is 1. The molecule has 1 amide bonds. The first kappa shape index (κ1) is 15.2. The Morgan fingerprint density at radius 1 is 1.25 bits per heavy atom. The molecule has 0 radical (unpaired) electrons. The molecule has 3 aromatic rings. The van der Waals surface area contributed by atoms with Gasteiger partial charge >= 0.3 is 0 Å². The van der Waals surface area contributed by atoms with Crippen molar-refractivity contribution in [1.29, 1.82) is 0 Å². The SMILES string of the molecule is CC1(c2cccc(-c3nc4cc(Cl)ccc4o3)c2)COCC(=O)N1. The molecule has 4 rings (SSSR count). The van der Waals surface area contributed by atoms with Gasteiger partial charge in [-0.25, -0.2) is 4.98 Å². The minimum Gasteiger partial charge on any atom is -0.436 e. The van der Waals surface area contributed by atoms with E-state index >= 15 is 0 Å². The summed E-state index contributed by atoms with van der Waals surface area (Å²) in [6.07, 6.45) is 0. The lowest BCUT2D eigenvalue weighted by molar-refractivity contribution is -0.135. The largest absolute Gasteiger partial charge is 0.436 e. The number of oxazole rings is 1. The van der Waals surface area contributed by atoms with Crippen LogP contribution in [0.5, 0.6) is 0 Å². The van der Waals surface area contributed by atoms with Gasteiger partial charge in [-0.3, -0.25) is 4.79 Å². The number of aromatic nitrogens is 1. The number of hydrogen-bond acceptors (Lipinski definition) is 4. The minimum absolute atomic E-state index is 0.0984. The van der Waals surface area contributed by atoms with Gasteiger partial charge in [-0.2, -0.15) is 0 Å². The van der Waals surface area contributed by atoms with Gasteiger partial charge in [-0.05, 0) is 42.8 Å². The molecule has 5 nitrogen and oxygen atoms in total. The van der Waals surface area contributed by atoms with Crippen molar-refractivity contribution in [3.05, 3.63) is 53.1 Å². The molecule has 6 heteroatoms. The second kappa shape index (κ2) is 5.61. The summed E-state index contributed by atoms with van der Waals surface area (Å²) >= 11 is 6.00. The minimum atomic E-state index is -0.569. The van der Waals surface area contributed by atoms with Gasteiger partial charge < -0.3 is 14.5 Å². The Morgan fingerprint density at radius 3 is 2.96 bits per heavy atom. The molecule has 0 bridgehead atoms. The third-order valence-corrected chi connectivity index (χ3v) is 4.37. The van der Waals surface area contributed by atoms with E-state index in [2.05, 4.69) is 10.3 Å². The van der Waals surface area contributed by atoms with E-state index in [1.165, 1.54) is 0 Å². The van der Waals surface area contributed by atoms with Gasteiger partial charge in [0.05, 0.1) is 12.1 Å². The number of carbonyl (C=O) groups excluding carboxylic acids is 1. The summed E-state index contributed by atoms with van der Waals surface area (Å²) in [5.74, 6) is 0.395. The van der Waals surface area contributed by atoms with Crippen molar-refractivity contribution in [1.82, 2.24) is 10.3 Å². The van der Waals surface area contributed by atoms with Crippen LogP contribution in [0.4, 0.5) is 0 Å². The van der Waals surface area contributed by atoms with Gasteiger partial charge in [0, 0.05) is 10.6 Å². The number of rotatable bonds is 2. The maximum absolute atomic E-state index is 11.7. The van der Waals surface area contributed by atoms with Crippen molar-refractivity contribution in [2.24, 2.45) is 0 Å². The Bertz CT molecular complexity index is 937. The van der Waals surface area contributed by atoms with Crippen LogP contribution in [0.1, 0.15) is 12.5 Å². The van der Waals surface area contributed by atoms with Gasteiger partial charge in [0.15, 0.2) is 5.58 Å². The summed E-state index contributed by atoms with van der Waals surface area (Å²) in [5, 5.41) is 3.61. The van der Waals surface area contributed by atoms with Gasteiger partial charge in [-0.1, -0.05) is 23.7 Å². The van der Waals surface area contributed by atoms with Gasteiger partial charge in [0.2, 0.25) is 11.8 Å². The van der Waals surface area contributed by atoms with E-state index in [1.807, 2.05) is 31.2 Å². The van der Waals surface area contributed by atoms with Crippen LogP contribution in [-0.4, -0.2) is 24.1 Å². The normalized spacial score (nSPS) is 21.0. The number of halogens is 1. The fourth-order valence-electron chi connectivity index (χ4n) is 2.90. The topological polar surface area (TPSA) is 64.4 Å². The summed E-state index contributed by atoms with van der Waals surface area (Å²) in [5.41, 5.74) is 2.60. The summed E-state index contributed by atoms with van der Waals surface area (Å²) < 4.78 is 11.2. The van der Waals surface area contributed by atoms with Crippen molar-refractivity contribution in [3.63, 3.8) is 0 Å². The average Bonchev–Trinajstić information content (AvgIpc) is 2.98. The van der Waals surface area contributed by atoms with E-state index in [0.29, 0.717) is 28.6 Å². The predicted molar refractivity (Wildman–Crippen MR) is 90.8 cm³/mol. The lowest BCUT2D eigenvalue weighted by Crippen LogP contribution is -2.52. The van der Waals surface area contributed by atoms with Gasteiger partial charge in [0.1, 0.15) is 12.1 Å². The molecule has 1 aliphatic heterocycles. The highest BCUT2D eigenvalue weighted by atomic mass is 35.5. The highest BCUT2D eigenvalue weighted by molar-refractivity contribution is 6.31. The van der Waals surface area contributed by atoms with Crippen molar-refractivity contribution in [2.75, 3.05) is 13.2 Å². The second-order valence-electron chi connectivity index (χ2n) is 6.08. The zero-order chi connectivity index (χ0) is 16.7. The number of amides is 1. The number of hydrogen-bond donors (Lipinski definition) is 1. The smallest absolute Gasteiger partial charge is 0.246 e. The number of nitrogens with zero attached hydrogens (tertiary/aromatic N) is 1. The maximum Gasteiger partial charge on any atom is 0.246 e. The third kappa shape index (κ3) is 2.66. The number of carbonyl (C=O) groups is 1. The van der Waals surface area contributed by atoms with Crippen LogP contribution in [0, 0.1) is 0 Å². The van der Waals surface area contributed by atoms with Crippen LogP contribution >= 0.6 is 11.6 Å². The summed E-state index contributed by atoms with van der Waals surface area (Å²) in [4.78, 5) is 16.2. The summed E-state index contributed by atoms with van der Waals surface area (Å²) in [7, 11) is 0. The molecular formula is C18H15ClN2O3. The van der Waals surface area contributed by atoms with Crippen molar-refractivity contribution < 1.29 is 13.9 Å². The molecule has 2 heterocycles. The van der Waals surface area contributed by atoms with E-state index in [9.17, 15) is 4.79 Å². The molecule has 0 saturated carbocycles. The van der Waals surface area contributed by atoms with E-state index < -0.39 is 5.54 Å². The predicted octanol–water partition coefficient (Wildman–Crippen LogP) is 3.51. The van der Waals surface area contributed by atoms with Gasteiger partial charge in [0.25, 0.3) is 0 Å². The van der Waals surface area contributed by atoms with E-state index in [0.717, 1.165) is 11.1 Å². The van der Waals surface area contributed by atoms with E-state index in [1.54, 1.807) is 18.2 Å². The van der Waals surface area contributed by atoms with Crippen LogP contribution in [0.25, 0.3) is 22.6 Å². The van der Waals surface area contributed by atoms with Gasteiger partial charge in [-0.15, -0.1) is 0 Å². The Hall–Kier alpha value is -2.37. The molecule has 0 spiro atoms. The lowest BCUT2D eigenvalue weighted by atomic mass is 9.90. The molecule has 24 heavy (non-hydrogen) atoms. The Kier molecular flexibility index (Phi) is 3.55. The Morgan fingerprint density at radius 2 is 2.12 bits per heavy atom. The fraction of sp³-hybridized carbons (Fsp3) is 0.222. The first-order chi connectivity index (χ1) is 11.5. The first-order valence-electron chi connectivity index (χ1n) is 7.59. The average molecular weight is 343 g/mol. The third-order valence-electron chi connectivity index (χ3n) is 4.14. The molecule has 1 unspecified atom stereocenters. The molecule has 1 aromatic heterocycles. The monoisotopic (exact) mass is 342 g/mol. The Labute approximate surface area is 143 Å². The van der Waals surface area contributed by atoms with Crippen LogP contribution in [-0.2, 0) is 15.1 Å². The summed E-state index contributed by atoms with van der Waals surface area (Å²) in [6.45, 7) is 2.46. The number of morpholine rings is 1. The molecule has 0 aliphatic carbocycles. The fourth-order valence-corrected chi connectivity index (χ4v) is 3.07. The zero-order valence-electron chi connectivity index (χ0n) is 13.0. The van der Waals surface area contributed by atoms with Crippen LogP contribution in [0.2, 0.25) is 5.02 Å². The second-order valence-corrected chi connectivity index (χ2v) is 6.52. The standard InChI is InChI=1S/C18H15ClN2O3/c1-18(10-23-9-16(22)21-18)12-4-2-3-11(7-12)17-20-14-8-13(19)5-6-15(14)24-17/h2-8H,9-10H2,1H3,(H,21,22). The highest BCUT2D eigenvalue weighted by Gasteiger charge is 2.33.